The number of sulfonamides is 1. The minimum Gasteiger partial charge on any atom is -0.316 e. The first-order chi connectivity index (χ1) is 9.44. The summed E-state index contributed by atoms with van der Waals surface area (Å²) in [5, 5.41) is 10.0. The smallest absolute Gasteiger partial charge is 0.281 e. The summed E-state index contributed by atoms with van der Waals surface area (Å²) in [6, 6.07) is 6.42. The van der Waals surface area contributed by atoms with Crippen LogP contribution >= 0.6 is 11.6 Å². The van der Waals surface area contributed by atoms with Crippen molar-refractivity contribution in [2.75, 3.05) is 11.8 Å². The third kappa shape index (κ3) is 3.12. The fourth-order valence-corrected chi connectivity index (χ4v) is 3.14. The molecule has 20 heavy (non-hydrogen) atoms. The fraction of sp³-hybridized carbons (Fsp3) is 0.250. The summed E-state index contributed by atoms with van der Waals surface area (Å²) in [7, 11) is -1.99. The number of hydrogen-bond donors (Lipinski definition) is 3. The lowest BCUT2D eigenvalue weighted by Crippen LogP contribution is -2.17. The monoisotopic (exact) mass is 314 g/mol. The number of nitrogens with one attached hydrogen (secondary N) is 3. The van der Waals surface area contributed by atoms with E-state index in [-0.39, 0.29) is 5.03 Å². The van der Waals surface area contributed by atoms with Crippen molar-refractivity contribution in [2.45, 2.75) is 18.5 Å². The molecule has 0 atom stereocenters. The van der Waals surface area contributed by atoms with Gasteiger partial charge in [0.2, 0.25) is 5.03 Å². The van der Waals surface area contributed by atoms with E-state index >= 15 is 0 Å². The van der Waals surface area contributed by atoms with Gasteiger partial charge in [0.15, 0.2) is 0 Å². The molecule has 0 saturated heterocycles. The van der Waals surface area contributed by atoms with E-state index in [1.807, 2.05) is 0 Å². The molecule has 0 amide bonds. The fourth-order valence-electron chi connectivity index (χ4n) is 1.76. The van der Waals surface area contributed by atoms with Gasteiger partial charge < -0.3 is 5.32 Å². The van der Waals surface area contributed by atoms with Crippen molar-refractivity contribution in [3.8, 4) is 0 Å². The molecule has 0 radical (unpaired) electrons. The van der Waals surface area contributed by atoms with Crippen LogP contribution < -0.4 is 10.0 Å². The van der Waals surface area contributed by atoms with E-state index in [1.54, 1.807) is 38.2 Å². The van der Waals surface area contributed by atoms with Gasteiger partial charge in [0.25, 0.3) is 10.0 Å². The van der Waals surface area contributed by atoms with Crippen LogP contribution in [0.4, 0.5) is 5.69 Å². The second-order valence-electron chi connectivity index (χ2n) is 4.28. The molecule has 8 heteroatoms. The topological polar surface area (TPSA) is 86.9 Å². The lowest BCUT2D eigenvalue weighted by atomic mass is 10.3. The largest absolute Gasteiger partial charge is 0.316 e. The molecule has 2 rings (SSSR count). The molecule has 0 aliphatic heterocycles. The summed E-state index contributed by atoms with van der Waals surface area (Å²) >= 11 is 5.77. The number of aryl methyl sites for hydroxylation is 1. The first-order valence-electron chi connectivity index (χ1n) is 5.91. The first kappa shape index (κ1) is 14.8. The summed E-state index contributed by atoms with van der Waals surface area (Å²) in [6.45, 7) is 2.19. The number of rotatable bonds is 5. The maximum Gasteiger partial charge on any atom is 0.281 e. The Labute approximate surface area is 122 Å². The second-order valence-corrected chi connectivity index (χ2v) is 6.31. The van der Waals surface area contributed by atoms with E-state index in [4.69, 9.17) is 11.6 Å². The van der Waals surface area contributed by atoms with Crippen LogP contribution in [0.15, 0.2) is 29.3 Å². The standard InChI is InChI=1S/C12H15ClN4O2S/c1-8-11(7-14-2)12(16-15-8)20(18,19)17-10-5-3-9(13)4-6-10/h3-6,14,17H,7H2,1-2H3,(H,15,16). The molecular formula is C12H15ClN4O2S. The van der Waals surface area contributed by atoms with Gasteiger partial charge in [0.1, 0.15) is 0 Å². The van der Waals surface area contributed by atoms with Crippen LogP contribution in [0.5, 0.6) is 0 Å². The van der Waals surface area contributed by atoms with Crippen molar-refractivity contribution in [1.82, 2.24) is 15.5 Å². The third-order valence-electron chi connectivity index (χ3n) is 2.74. The van der Waals surface area contributed by atoms with Gasteiger partial charge in [-0.15, -0.1) is 0 Å². The van der Waals surface area contributed by atoms with E-state index in [0.717, 1.165) is 5.69 Å². The van der Waals surface area contributed by atoms with E-state index < -0.39 is 10.0 Å². The molecule has 0 spiro atoms. The SMILES string of the molecule is CNCc1c(S(=O)(=O)Nc2ccc(Cl)cc2)n[nH]c1C. The van der Waals surface area contributed by atoms with E-state index in [9.17, 15) is 8.42 Å². The molecule has 0 fully saturated rings. The Morgan fingerprint density at radius 2 is 1.95 bits per heavy atom. The highest BCUT2D eigenvalue weighted by molar-refractivity contribution is 7.92. The van der Waals surface area contributed by atoms with E-state index in [1.165, 1.54) is 0 Å². The molecule has 108 valence electrons. The zero-order valence-electron chi connectivity index (χ0n) is 11.1. The summed E-state index contributed by atoms with van der Waals surface area (Å²) in [5.41, 5.74) is 1.77. The summed E-state index contributed by atoms with van der Waals surface area (Å²) in [4.78, 5) is 0. The maximum atomic E-state index is 12.3. The van der Waals surface area contributed by atoms with Gasteiger partial charge in [-0.05, 0) is 38.2 Å². The maximum absolute atomic E-state index is 12.3. The Balaban J connectivity index is 2.33. The molecule has 0 unspecified atom stereocenters. The number of anilines is 1. The zero-order chi connectivity index (χ0) is 14.8. The number of aromatic amines is 1. The normalized spacial score (nSPS) is 11.6. The van der Waals surface area contributed by atoms with Crippen molar-refractivity contribution in [3.63, 3.8) is 0 Å². The molecular weight excluding hydrogens is 300 g/mol. The number of hydrogen-bond acceptors (Lipinski definition) is 4. The Morgan fingerprint density at radius 1 is 1.30 bits per heavy atom. The van der Waals surface area contributed by atoms with Gasteiger partial charge in [0.05, 0.1) is 0 Å². The molecule has 6 nitrogen and oxygen atoms in total. The van der Waals surface area contributed by atoms with Gasteiger partial charge >= 0.3 is 0 Å². The van der Waals surface area contributed by atoms with Gasteiger partial charge in [0, 0.05) is 28.5 Å². The second kappa shape index (κ2) is 5.82. The number of H-pyrrole nitrogens is 1. The van der Waals surface area contributed by atoms with Gasteiger partial charge in [-0.3, -0.25) is 9.82 Å². The first-order valence-corrected chi connectivity index (χ1v) is 7.77. The van der Waals surface area contributed by atoms with Crippen LogP contribution in [0, 0.1) is 6.92 Å². The van der Waals surface area contributed by atoms with Crippen LogP contribution in [0.2, 0.25) is 5.02 Å². The van der Waals surface area contributed by atoms with Crippen molar-refractivity contribution in [2.24, 2.45) is 0 Å². The molecule has 1 heterocycles. The quantitative estimate of drug-likeness (QED) is 0.786. The number of nitrogens with zero attached hydrogens (tertiary/aromatic N) is 1. The number of benzene rings is 1. The van der Waals surface area contributed by atoms with E-state index in [0.29, 0.717) is 22.8 Å². The predicted octanol–water partition coefficient (Wildman–Crippen LogP) is 1.89. The summed E-state index contributed by atoms with van der Waals surface area (Å²) < 4.78 is 27.2. The lowest BCUT2D eigenvalue weighted by Gasteiger charge is -2.08. The third-order valence-corrected chi connectivity index (χ3v) is 4.34. The molecule has 0 aliphatic rings. The molecule has 0 aliphatic carbocycles. The Bertz CT molecular complexity index is 695. The average molecular weight is 315 g/mol. The summed E-state index contributed by atoms with van der Waals surface area (Å²) in [5.74, 6) is 0. The van der Waals surface area contributed by atoms with E-state index in [2.05, 4.69) is 20.2 Å². The highest BCUT2D eigenvalue weighted by Gasteiger charge is 2.23. The van der Waals surface area contributed by atoms with Crippen LogP contribution in [-0.4, -0.2) is 25.7 Å². The predicted molar refractivity (Wildman–Crippen MR) is 78.3 cm³/mol. The van der Waals surface area contributed by atoms with Crippen molar-refractivity contribution in [3.05, 3.63) is 40.5 Å². The van der Waals surface area contributed by atoms with Gasteiger partial charge in [-0.25, -0.2) is 0 Å². The number of aromatic nitrogens is 2. The Morgan fingerprint density at radius 3 is 2.55 bits per heavy atom. The minimum atomic E-state index is -3.73. The molecule has 3 N–H and O–H groups in total. The Kier molecular flexibility index (Phi) is 4.32. The van der Waals surface area contributed by atoms with Crippen LogP contribution in [-0.2, 0) is 16.6 Å². The Hall–Kier alpha value is -1.57. The highest BCUT2D eigenvalue weighted by Crippen LogP contribution is 2.21. The highest BCUT2D eigenvalue weighted by atomic mass is 35.5. The minimum absolute atomic E-state index is 0.000648. The van der Waals surface area contributed by atoms with Crippen molar-refractivity contribution >= 4 is 27.3 Å². The zero-order valence-corrected chi connectivity index (χ0v) is 12.6. The van der Waals surface area contributed by atoms with Crippen LogP contribution in [0.3, 0.4) is 0 Å². The molecule has 0 saturated carbocycles. The van der Waals surface area contributed by atoms with Crippen molar-refractivity contribution in [1.29, 1.82) is 0 Å². The summed E-state index contributed by atoms with van der Waals surface area (Å²) in [6.07, 6.45) is 0. The van der Waals surface area contributed by atoms with Crippen LogP contribution in [0.25, 0.3) is 0 Å². The van der Waals surface area contributed by atoms with Crippen LogP contribution in [0.1, 0.15) is 11.3 Å². The molecule has 1 aromatic carbocycles. The molecule has 0 bridgehead atoms. The van der Waals surface area contributed by atoms with Gasteiger partial charge in [-0.2, -0.15) is 13.5 Å². The van der Waals surface area contributed by atoms with Gasteiger partial charge in [-0.1, -0.05) is 11.6 Å². The number of halogens is 1. The molecule has 1 aromatic heterocycles. The van der Waals surface area contributed by atoms with Crippen molar-refractivity contribution < 1.29 is 8.42 Å². The molecule has 2 aromatic rings. The lowest BCUT2D eigenvalue weighted by molar-refractivity contribution is 0.595. The average Bonchev–Trinajstić information content (AvgIpc) is 2.75.